The van der Waals surface area contributed by atoms with Gasteiger partial charge in [0.2, 0.25) is 0 Å². The molecule has 0 N–H and O–H groups in total. The molecule has 1 rings (SSSR count). The van der Waals surface area contributed by atoms with E-state index in [0.717, 1.165) is 5.75 Å². The van der Waals surface area contributed by atoms with E-state index in [0.29, 0.717) is 5.54 Å². The van der Waals surface area contributed by atoms with Crippen LogP contribution in [-0.2, 0) is 4.43 Å². The molecule has 78 valence electrons. The van der Waals surface area contributed by atoms with Gasteiger partial charge in [0, 0.05) is 12.7 Å². The van der Waals surface area contributed by atoms with E-state index in [9.17, 15) is 0 Å². The van der Waals surface area contributed by atoms with Crippen LogP contribution in [0.5, 0.6) is 5.75 Å². The molecule has 0 aliphatic carbocycles. The smallest absolute Gasteiger partial charge is 0.398 e. The molecule has 1 aromatic rings. The first-order valence-electron chi connectivity index (χ1n) is 4.87. The molecule has 0 radical (unpaired) electrons. The van der Waals surface area contributed by atoms with Crippen LogP contribution in [0.2, 0.25) is 12.1 Å². The average molecular weight is 210 g/mol. The maximum absolute atomic E-state index is 5.93. The van der Waals surface area contributed by atoms with Gasteiger partial charge < -0.3 is 8.85 Å². The molecule has 0 heterocycles. The van der Waals surface area contributed by atoms with Crippen LogP contribution in [0.15, 0.2) is 30.3 Å². The monoisotopic (exact) mass is 210 g/mol. The molecule has 2 nitrogen and oxygen atoms in total. The highest BCUT2D eigenvalue weighted by atomic mass is 28.4. The van der Waals surface area contributed by atoms with Crippen LogP contribution in [0.3, 0.4) is 0 Å². The number of rotatable bonds is 4. The summed E-state index contributed by atoms with van der Waals surface area (Å²) >= 11 is 0. The van der Waals surface area contributed by atoms with Crippen molar-refractivity contribution in [2.24, 2.45) is 0 Å². The van der Waals surface area contributed by atoms with Crippen molar-refractivity contribution in [3.63, 3.8) is 0 Å². The van der Waals surface area contributed by atoms with E-state index in [1.54, 1.807) is 7.11 Å². The van der Waals surface area contributed by atoms with Crippen molar-refractivity contribution in [3.05, 3.63) is 30.3 Å². The summed E-state index contributed by atoms with van der Waals surface area (Å²) in [6.45, 7) is 6.36. The summed E-state index contributed by atoms with van der Waals surface area (Å²) in [5.74, 6) is 0.900. The van der Waals surface area contributed by atoms with Gasteiger partial charge in [-0.15, -0.1) is 0 Å². The topological polar surface area (TPSA) is 18.5 Å². The summed E-state index contributed by atoms with van der Waals surface area (Å²) in [5.41, 5.74) is 0.438. The van der Waals surface area contributed by atoms with Crippen LogP contribution in [0, 0.1) is 0 Å². The van der Waals surface area contributed by atoms with E-state index in [1.807, 2.05) is 30.3 Å². The van der Waals surface area contributed by atoms with Crippen LogP contribution in [0.1, 0.15) is 13.8 Å². The van der Waals surface area contributed by atoms with E-state index in [-0.39, 0.29) is 0 Å². The summed E-state index contributed by atoms with van der Waals surface area (Å²) in [5, 5.41) is 0. The molecule has 0 fully saturated rings. The highest BCUT2D eigenvalue weighted by Crippen LogP contribution is 2.25. The van der Waals surface area contributed by atoms with Gasteiger partial charge in [-0.2, -0.15) is 0 Å². The molecule has 0 aromatic heterocycles. The molecule has 1 aromatic carbocycles. The Labute approximate surface area is 87.1 Å². The van der Waals surface area contributed by atoms with E-state index in [1.165, 1.54) is 0 Å². The minimum Gasteiger partial charge on any atom is -0.520 e. The van der Waals surface area contributed by atoms with E-state index in [4.69, 9.17) is 8.85 Å². The molecule has 0 saturated heterocycles. The van der Waals surface area contributed by atoms with E-state index < -0.39 is 8.56 Å². The van der Waals surface area contributed by atoms with E-state index >= 15 is 0 Å². The Morgan fingerprint density at radius 1 is 1.14 bits per heavy atom. The predicted molar refractivity (Wildman–Crippen MR) is 60.8 cm³/mol. The fraction of sp³-hybridized carbons (Fsp3) is 0.455. The Hall–Kier alpha value is -0.803. The summed E-state index contributed by atoms with van der Waals surface area (Å²) in [4.78, 5) is 0. The van der Waals surface area contributed by atoms with Gasteiger partial charge in [-0.3, -0.25) is 0 Å². The zero-order valence-corrected chi connectivity index (χ0v) is 10.3. The quantitative estimate of drug-likeness (QED) is 0.711. The van der Waals surface area contributed by atoms with Crippen molar-refractivity contribution < 1.29 is 8.85 Å². The average Bonchev–Trinajstić information content (AvgIpc) is 2.19. The van der Waals surface area contributed by atoms with Crippen molar-refractivity contribution in [1.82, 2.24) is 0 Å². The Balaban J connectivity index is 2.76. The molecule has 0 amide bonds. The molecule has 0 aliphatic rings. The summed E-state index contributed by atoms with van der Waals surface area (Å²) in [6.07, 6.45) is 0. The first-order valence-corrected chi connectivity index (χ1v) is 7.27. The lowest BCUT2D eigenvalue weighted by molar-refractivity contribution is 0.295. The van der Waals surface area contributed by atoms with Crippen molar-refractivity contribution in [3.8, 4) is 5.75 Å². The van der Waals surface area contributed by atoms with E-state index in [2.05, 4.69) is 20.4 Å². The van der Waals surface area contributed by atoms with Crippen molar-refractivity contribution in [2.45, 2.75) is 25.9 Å². The third kappa shape index (κ3) is 2.59. The van der Waals surface area contributed by atoms with Gasteiger partial charge >= 0.3 is 8.56 Å². The highest BCUT2D eigenvalue weighted by molar-refractivity contribution is 6.68. The molecule has 0 aliphatic heterocycles. The number of hydrogen-bond donors (Lipinski definition) is 0. The lowest BCUT2D eigenvalue weighted by Gasteiger charge is -2.29. The summed E-state index contributed by atoms with van der Waals surface area (Å²) < 4.78 is 11.4. The molecule has 0 saturated carbocycles. The second kappa shape index (κ2) is 4.62. The zero-order chi connectivity index (χ0) is 10.6. The first kappa shape index (κ1) is 11.3. The Bertz CT molecular complexity index is 274. The molecule has 3 heteroatoms. The maximum atomic E-state index is 5.93. The molecule has 1 atom stereocenters. The normalized spacial score (nSPS) is 15.2. The fourth-order valence-electron chi connectivity index (χ4n) is 1.12. The Kier molecular flexibility index (Phi) is 3.72. The van der Waals surface area contributed by atoms with Crippen LogP contribution in [-0.4, -0.2) is 15.7 Å². The standard InChI is InChI=1S/C11H18O2Si/c1-10(2)14(4,12-3)13-11-8-6-5-7-9-11/h5-10H,1-4H3. The third-order valence-electron chi connectivity index (χ3n) is 2.52. The minimum atomic E-state index is -2.04. The molecule has 14 heavy (non-hydrogen) atoms. The second-order valence-corrected chi connectivity index (χ2v) is 7.59. The maximum Gasteiger partial charge on any atom is 0.398 e. The molecular weight excluding hydrogens is 192 g/mol. The number of para-hydroxylation sites is 1. The fourth-order valence-corrected chi connectivity index (χ4v) is 2.51. The summed E-state index contributed by atoms with van der Waals surface area (Å²) in [6, 6.07) is 9.85. The van der Waals surface area contributed by atoms with Crippen LogP contribution in [0.25, 0.3) is 0 Å². The van der Waals surface area contributed by atoms with Crippen molar-refractivity contribution >= 4 is 8.56 Å². The lowest BCUT2D eigenvalue weighted by Crippen LogP contribution is -2.44. The largest absolute Gasteiger partial charge is 0.520 e. The van der Waals surface area contributed by atoms with Gasteiger partial charge in [0.15, 0.2) is 0 Å². The van der Waals surface area contributed by atoms with Gasteiger partial charge in [-0.1, -0.05) is 32.0 Å². The SMILES string of the molecule is CO[Si](C)(Oc1ccccc1)C(C)C. The molecule has 1 unspecified atom stereocenters. The highest BCUT2D eigenvalue weighted by Gasteiger charge is 2.36. The van der Waals surface area contributed by atoms with Gasteiger partial charge in [-0.05, 0) is 18.7 Å². The van der Waals surface area contributed by atoms with Gasteiger partial charge in [0.05, 0.1) is 0 Å². The Morgan fingerprint density at radius 3 is 2.14 bits per heavy atom. The van der Waals surface area contributed by atoms with Crippen LogP contribution in [0.4, 0.5) is 0 Å². The third-order valence-corrected chi connectivity index (χ3v) is 6.07. The van der Waals surface area contributed by atoms with Gasteiger partial charge in [0.1, 0.15) is 5.75 Å². The zero-order valence-electron chi connectivity index (χ0n) is 9.28. The number of benzene rings is 1. The first-order chi connectivity index (χ1) is 6.58. The predicted octanol–water partition coefficient (Wildman–Crippen LogP) is 3.19. The van der Waals surface area contributed by atoms with Gasteiger partial charge in [0.25, 0.3) is 0 Å². The molecule has 0 spiro atoms. The minimum absolute atomic E-state index is 0.438. The second-order valence-electron chi connectivity index (χ2n) is 3.79. The lowest BCUT2D eigenvalue weighted by atomic mass is 10.3. The number of hydrogen-bond acceptors (Lipinski definition) is 2. The molecule has 0 bridgehead atoms. The van der Waals surface area contributed by atoms with Gasteiger partial charge in [-0.25, -0.2) is 0 Å². The van der Waals surface area contributed by atoms with Crippen molar-refractivity contribution in [2.75, 3.05) is 7.11 Å². The molecular formula is C11H18O2Si. The van der Waals surface area contributed by atoms with Crippen molar-refractivity contribution in [1.29, 1.82) is 0 Å². The van der Waals surface area contributed by atoms with Crippen LogP contribution >= 0.6 is 0 Å². The summed E-state index contributed by atoms with van der Waals surface area (Å²) in [7, 11) is -0.310. The van der Waals surface area contributed by atoms with Crippen LogP contribution < -0.4 is 4.43 Å². The Morgan fingerprint density at radius 2 is 1.71 bits per heavy atom.